The van der Waals surface area contributed by atoms with Crippen LogP contribution in [0.15, 0.2) is 71.7 Å². The highest BCUT2D eigenvalue weighted by Crippen LogP contribution is 2.15. The molecular formula is C16H15N. The molecule has 0 unspecified atom stereocenters. The van der Waals surface area contributed by atoms with Gasteiger partial charge in [0.1, 0.15) is 0 Å². The molecule has 0 amide bonds. The largest absolute Gasteiger partial charge is 0.264 e. The zero-order valence-corrected chi connectivity index (χ0v) is 9.71. The third kappa shape index (κ3) is 3.15. The highest BCUT2D eigenvalue weighted by Gasteiger charge is 1.97. The Morgan fingerprint density at radius 3 is 2.12 bits per heavy atom. The van der Waals surface area contributed by atoms with Crippen molar-refractivity contribution in [2.75, 3.05) is 0 Å². The maximum Gasteiger partial charge on any atom is 0.0658 e. The molecule has 2 aromatic carbocycles. The van der Waals surface area contributed by atoms with Crippen LogP contribution in [0.4, 0.5) is 0 Å². The second-order valence-electron chi connectivity index (χ2n) is 3.80. The van der Waals surface area contributed by atoms with Gasteiger partial charge in [-0.2, -0.15) is 0 Å². The van der Waals surface area contributed by atoms with Gasteiger partial charge in [0.15, 0.2) is 0 Å². The third-order valence-corrected chi connectivity index (χ3v) is 2.61. The van der Waals surface area contributed by atoms with Crippen molar-refractivity contribution in [2.24, 2.45) is 4.99 Å². The summed E-state index contributed by atoms with van der Waals surface area (Å²) >= 11 is 0. The normalized spacial score (nSPS) is 11.2. The minimum Gasteiger partial charge on any atom is -0.264 e. The first-order chi connectivity index (χ1) is 8.40. The molecule has 0 aliphatic rings. The number of aliphatic imine (C=N–C) groups is 1. The molecule has 0 saturated carbocycles. The van der Waals surface area contributed by atoms with Crippen LogP contribution in [0.1, 0.15) is 11.1 Å². The van der Waals surface area contributed by atoms with Gasteiger partial charge in [-0.15, -0.1) is 0 Å². The van der Waals surface area contributed by atoms with Gasteiger partial charge in [-0.05, 0) is 24.3 Å². The van der Waals surface area contributed by atoms with Gasteiger partial charge >= 0.3 is 0 Å². The molecule has 17 heavy (non-hydrogen) atoms. The van der Waals surface area contributed by atoms with Crippen LogP contribution in [0.25, 0.3) is 5.70 Å². The van der Waals surface area contributed by atoms with E-state index in [0.29, 0.717) is 0 Å². The van der Waals surface area contributed by atoms with Crippen molar-refractivity contribution in [1.82, 2.24) is 0 Å². The quantitative estimate of drug-likeness (QED) is 0.693. The van der Waals surface area contributed by atoms with Crippen molar-refractivity contribution in [1.29, 1.82) is 0 Å². The van der Waals surface area contributed by atoms with Gasteiger partial charge in [0.2, 0.25) is 0 Å². The third-order valence-electron chi connectivity index (χ3n) is 2.61. The lowest BCUT2D eigenvalue weighted by atomic mass is 10.1. The van der Waals surface area contributed by atoms with Crippen molar-refractivity contribution in [3.05, 3.63) is 77.9 Å². The van der Waals surface area contributed by atoms with Crippen molar-refractivity contribution < 1.29 is 0 Å². The summed E-state index contributed by atoms with van der Waals surface area (Å²) in [6.45, 7) is 3.63. The van der Waals surface area contributed by atoms with E-state index in [2.05, 4.69) is 29.9 Å². The Morgan fingerprint density at radius 2 is 1.53 bits per heavy atom. The molecule has 0 spiro atoms. The molecule has 0 bridgehead atoms. The average Bonchev–Trinajstić information content (AvgIpc) is 2.42. The Kier molecular flexibility index (Phi) is 3.87. The molecule has 0 N–H and O–H groups in total. The minimum atomic E-state index is 0.879. The first kappa shape index (κ1) is 11.3. The van der Waals surface area contributed by atoms with Crippen molar-refractivity contribution >= 4 is 12.4 Å². The molecular weight excluding hydrogens is 206 g/mol. The predicted molar refractivity (Wildman–Crippen MR) is 74.1 cm³/mol. The summed E-state index contributed by atoms with van der Waals surface area (Å²) in [4.78, 5) is 4.08. The minimum absolute atomic E-state index is 0.879. The number of rotatable bonds is 4. The molecule has 0 fully saturated rings. The summed E-state index contributed by atoms with van der Waals surface area (Å²) in [7, 11) is 0. The van der Waals surface area contributed by atoms with E-state index in [-0.39, 0.29) is 0 Å². The summed E-state index contributed by atoms with van der Waals surface area (Å²) < 4.78 is 0. The van der Waals surface area contributed by atoms with E-state index in [4.69, 9.17) is 0 Å². The maximum absolute atomic E-state index is 4.08. The van der Waals surface area contributed by atoms with Crippen LogP contribution in [0.5, 0.6) is 0 Å². The average molecular weight is 221 g/mol. The van der Waals surface area contributed by atoms with Crippen LogP contribution in [-0.2, 0) is 6.42 Å². The van der Waals surface area contributed by atoms with Crippen LogP contribution in [-0.4, -0.2) is 6.72 Å². The number of nitrogens with zero attached hydrogens (tertiary/aromatic N) is 1. The van der Waals surface area contributed by atoms with Crippen LogP contribution < -0.4 is 0 Å². The first-order valence-corrected chi connectivity index (χ1v) is 5.66. The highest BCUT2D eigenvalue weighted by atomic mass is 14.7. The topological polar surface area (TPSA) is 12.4 Å². The molecule has 0 aliphatic carbocycles. The van der Waals surface area contributed by atoms with E-state index < -0.39 is 0 Å². The van der Waals surface area contributed by atoms with Crippen molar-refractivity contribution in [2.45, 2.75) is 6.42 Å². The van der Waals surface area contributed by atoms with E-state index in [9.17, 15) is 0 Å². The van der Waals surface area contributed by atoms with Crippen LogP contribution in [0.2, 0.25) is 0 Å². The fourth-order valence-corrected chi connectivity index (χ4v) is 1.71. The Bertz CT molecular complexity index is 498. The fraction of sp³-hybridized carbons (Fsp3) is 0.0625. The van der Waals surface area contributed by atoms with Crippen molar-refractivity contribution in [3.63, 3.8) is 0 Å². The fourth-order valence-electron chi connectivity index (χ4n) is 1.71. The SMILES string of the molecule is C=N/C(=C\Cc1ccccc1)c1ccccc1. The first-order valence-electron chi connectivity index (χ1n) is 5.66. The van der Waals surface area contributed by atoms with Crippen molar-refractivity contribution in [3.8, 4) is 0 Å². The molecule has 1 nitrogen and oxygen atoms in total. The van der Waals surface area contributed by atoms with Crippen LogP contribution in [0, 0.1) is 0 Å². The van der Waals surface area contributed by atoms with E-state index in [1.54, 1.807) is 0 Å². The molecule has 2 rings (SSSR count). The summed E-state index contributed by atoms with van der Waals surface area (Å²) in [5.74, 6) is 0. The lowest BCUT2D eigenvalue weighted by Crippen LogP contribution is -1.84. The van der Waals surface area contributed by atoms with Gasteiger partial charge < -0.3 is 0 Å². The number of benzene rings is 2. The number of hydrogen-bond acceptors (Lipinski definition) is 1. The standard InChI is InChI=1S/C16H15N/c1-17-16(15-10-6-3-7-11-15)13-12-14-8-4-2-5-9-14/h2-11,13H,1,12H2/b16-13-. The molecule has 1 heteroatoms. The maximum atomic E-state index is 4.08. The van der Waals surface area contributed by atoms with E-state index in [1.807, 2.05) is 48.5 Å². The molecule has 84 valence electrons. The number of allylic oxidation sites excluding steroid dienone is 1. The second-order valence-corrected chi connectivity index (χ2v) is 3.80. The molecule has 0 heterocycles. The Balaban J connectivity index is 2.17. The molecule has 0 radical (unpaired) electrons. The molecule has 0 aromatic heterocycles. The molecule has 2 aromatic rings. The second kappa shape index (κ2) is 5.80. The lowest BCUT2D eigenvalue weighted by Gasteiger charge is -2.01. The smallest absolute Gasteiger partial charge is 0.0658 e. The van der Waals surface area contributed by atoms with Gasteiger partial charge in [0.25, 0.3) is 0 Å². The van der Waals surface area contributed by atoms with E-state index in [1.165, 1.54) is 5.56 Å². The Labute approximate surface area is 102 Å². The molecule has 0 atom stereocenters. The predicted octanol–water partition coefficient (Wildman–Crippen LogP) is 3.97. The summed E-state index contributed by atoms with van der Waals surface area (Å²) in [5, 5.41) is 0. The summed E-state index contributed by atoms with van der Waals surface area (Å²) in [6, 6.07) is 20.5. The zero-order valence-electron chi connectivity index (χ0n) is 9.71. The molecule has 0 aliphatic heterocycles. The Morgan fingerprint density at radius 1 is 0.941 bits per heavy atom. The van der Waals surface area contributed by atoms with E-state index >= 15 is 0 Å². The summed E-state index contributed by atoms with van der Waals surface area (Å²) in [5.41, 5.74) is 3.33. The zero-order chi connectivity index (χ0) is 11.9. The van der Waals surface area contributed by atoms with E-state index in [0.717, 1.165) is 17.7 Å². The Hall–Kier alpha value is -2.15. The van der Waals surface area contributed by atoms with Gasteiger partial charge in [-0.3, -0.25) is 4.99 Å². The van der Waals surface area contributed by atoms with Gasteiger partial charge in [0, 0.05) is 0 Å². The monoisotopic (exact) mass is 221 g/mol. The van der Waals surface area contributed by atoms with Gasteiger partial charge in [0.05, 0.1) is 5.70 Å². The summed E-state index contributed by atoms with van der Waals surface area (Å²) in [6.07, 6.45) is 2.99. The van der Waals surface area contributed by atoms with Crippen LogP contribution >= 0.6 is 0 Å². The lowest BCUT2D eigenvalue weighted by molar-refractivity contribution is 1.26. The van der Waals surface area contributed by atoms with Gasteiger partial charge in [-0.1, -0.05) is 66.7 Å². The van der Waals surface area contributed by atoms with Gasteiger partial charge in [-0.25, -0.2) is 0 Å². The van der Waals surface area contributed by atoms with Crippen LogP contribution in [0.3, 0.4) is 0 Å². The highest BCUT2D eigenvalue weighted by molar-refractivity contribution is 5.68. The molecule has 0 saturated heterocycles. The number of hydrogen-bond donors (Lipinski definition) is 0.